The molecule has 0 N–H and O–H groups in total. The van der Waals surface area contributed by atoms with Gasteiger partial charge in [0.2, 0.25) is 5.89 Å². The average molecular weight is 349 g/mol. The second kappa shape index (κ2) is 7.41. The molecular formula is C14H15N5O4S. The van der Waals surface area contributed by atoms with Gasteiger partial charge in [-0.1, -0.05) is 30.8 Å². The van der Waals surface area contributed by atoms with Crippen molar-refractivity contribution >= 4 is 11.8 Å². The molecule has 0 aliphatic rings. The summed E-state index contributed by atoms with van der Waals surface area (Å²) in [7, 11) is 0. The molecule has 0 fully saturated rings. The first kappa shape index (κ1) is 16.4. The van der Waals surface area contributed by atoms with Gasteiger partial charge in [-0.2, -0.15) is 9.87 Å². The highest BCUT2D eigenvalue weighted by atomic mass is 32.2. The van der Waals surface area contributed by atoms with E-state index in [9.17, 15) is 0 Å². The Balaban J connectivity index is 1.69. The number of hydrogen-bond acceptors (Lipinski definition) is 10. The number of pyridine rings is 1. The Bertz CT molecular complexity index is 804. The Labute approximate surface area is 141 Å². The van der Waals surface area contributed by atoms with Gasteiger partial charge in [-0.15, -0.1) is 10.2 Å². The normalized spacial score (nSPS) is 11.2. The average Bonchev–Trinajstić information content (AvgIpc) is 3.24. The van der Waals surface area contributed by atoms with Crippen LogP contribution in [0.2, 0.25) is 0 Å². The quantitative estimate of drug-likeness (QED) is 0.359. The number of nitrogens with zero attached hydrogens (tertiary/aromatic N) is 5. The van der Waals surface area contributed by atoms with Gasteiger partial charge in [0.15, 0.2) is 23.9 Å². The minimum absolute atomic E-state index is 0.00295. The molecule has 3 aromatic rings. The lowest BCUT2D eigenvalue weighted by atomic mass is 10.2. The molecule has 0 aliphatic carbocycles. The van der Waals surface area contributed by atoms with Crippen LogP contribution in [0, 0.1) is 0 Å². The van der Waals surface area contributed by atoms with Gasteiger partial charge in [0, 0.05) is 12.1 Å². The molecule has 126 valence electrons. The molecule has 0 bridgehead atoms. The fourth-order valence-electron chi connectivity index (χ4n) is 1.71. The van der Waals surface area contributed by atoms with Crippen LogP contribution in [-0.2, 0) is 11.5 Å². The monoisotopic (exact) mass is 349 g/mol. The zero-order chi connectivity index (χ0) is 16.9. The van der Waals surface area contributed by atoms with E-state index in [-0.39, 0.29) is 18.4 Å². The molecular weight excluding hydrogens is 334 g/mol. The predicted molar refractivity (Wildman–Crippen MR) is 83.1 cm³/mol. The van der Waals surface area contributed by atoms with Crippen LogP contribution in [0.15, 0.2) is 32.5 Å². The lowest BCUT2D eigenvalue weighted by Crippen LogP contribution is -2.00. The van der Waals surface area contributed by atoms with Crippen molar-refractivity contribution < 1.29 is 18.7 Å². The van der Waals surface area contributed by atoms with Crippen LogP contribution in [0.25, 0.3) is 11.6 Å². The van der Waals surface area contributed by atoms with E-state index in [2.05, 4.69) is 25.3 Å². The largest absolute Gasteiger partial charge is 0.413 e. The van der Waals surface area contributed by atoms with Crippen molar-refractivity contribution in [2.24, 2.45) is 0 Å². The van der Waals surface area contributed by atoms with Crippen molar-refractivity contribution in [3.8, 4) is 17.3 Å². The summed E-state index contributed by atoms with van der Waals surface area (Å²) >= 11 is 1.35. The molecule has 0 unspecified atom stereocenters. The van der Waals surface area contributed by atoms with E-state index < -0.39 is 0 Å². The first-order valence-corrected chi connectivity index (χ1v) is 8.34. The van der Waals surface area contributed by atoms with E-state index >= 15 is 0 Å². The van der Waals surface area contributed by atoms with Gasteiger partial charge in [-0.3, -0.25) is 0 Å². The highest BCUT2D eigenvalue weighted by molar-refractivity contribution is 7.98. The Kier molecular flexibility index (Phi) is 5.06. The van der Waals surface area contributed by atoms with Crippen molar-refractivity contribution in [3.63, 3.8) is 0 Å². The molecule has 9 nitrogen and oxygen atoms in total. The first-order chi connectivity index (χ1) is 11.7. The Morgan fingerprint density at radius 3 is 2.88 bits per heavy atom. The zero-order valence-corrected chi connectivity index (χ0v) is 14.1. The molecule has 3 aromatic heterocycles. The van der Waals surface area contributed by atoms with Gasteiger partial charge in [-0.05, 0) is 18.4 Å². The van der Waals surface area contributed by atoms with Gasteiger partial charge in [0.05, 0.1) is 0 Å². The second-order valence-electron chi connectivity index (χ2n) is 4.97. The molecule has 0 atom stereocenters. The van der Waals surface area contributed by atoms with Gasteiger partial charge in [-0.25, -0.2) is 4.98 Å². The summed E-state index contributed by atoms with van der Waals surface area (Å²) in [6.07, 6.45) is 3.44. The van der Waals surface area contributed by atoms with E-state index in [0.717, 1.165) is 0 Å². The Hall–Kier alpha value is -2.46. The molecule has 0 saturated heterocycles. The van der Waals surface area contributed by atoms with E-state index in [1.807, 2.05) is 20.1 Å². The van der Waals surface area contributed by atoms with Crippen LogP contribution in [-0.4, -0.2) is 31.6 Å². The summed E-state index contributed by atoms with van der Waals surface area (Å²) in [5.41, 5.74) is 0.396. The highest BCUT2D eigenvalue weighted by Crippen LogP contribution is 2.27. The third-order valence-corrected chi connectivity index (χ3v) is 3.40. The molecule has 0 saturated carbocycles. The van der Waals surface area contributed by atoms with Crippen LogP contribution in [0.1, 0.15) is 31.5 Å². The van der Waals surface area contributed by atoms with Gasteiger partial charge in [0.25, 0.3) is 11.1 Å². The minimum Gasteiger partial charge on any atom is -0.413 e. The van der Waals surface area contributed by atoms with Crippen LogP contribution < -0.4 is 4.89 Å². The minimum atomic E-state index is 0.00295. The molecule has 0 aliphatic heterocycles. The smallest absolute Gasteiger partial charge is 0.280 e. The first-order valence-electron chi connectivity index (χ1n) is 7.12. The third kappa shape index (κ3) is 3.71. The summed E-state index contributed by atoms with van der Waals surface area (Å²) in [6.45, 7) is 3.95. The standard InChI is InChI=1S/C14H15N5O4S/c1-8(2)12-16-13(22-19-12)11-9(5-4-6-15-11)23-20-7-10-17-18-14(21-10)24-3/h4-6,8H,7H2,1-3H3. The molecule has 0 aromatic carbocycles. The van der Waals surface area contributed by atoms with Crippen LogP contribution in [0.4, 0.5) is 0 Å². The summed E-state index contributed by atoms with van der Waals surface area (Å²) in [6, 6.07) is 3.39. The Morgan fingerprint density at radius 1 is 1.29 bits per heavy atom. The van der Waals surface area contributed by atoms with Gasteiger partial charge in [0.1, 0.15) is 0 Å². The maximum atomic E-state index is 5.29. The van der Waals surface area contributed by atoms with Crippen LogP contribution >= 0.6 is 11.8 Å². The third-order valence-electron chi connectivity index (χ3n) is 2.89. The molecule has 0 radical (unpaired) electrons. The summed E-state index contributed by atoms with van der Waals surface area (Å²) in [5, 5.41) is 12.0. The molecule has 0 spiro atoms. The van der Waals surface area contributed by atoms with Crippen molar-refractivity contribution in [3.05, 3.63) is 30.0 Å². The number of thioether (sulfide) groups is 1. The maximum Gasteiger partial charge on any atom is 0.280 e. The molecule has 0 amide bonds. The molecule has 10 heteroatoms. The second-order valence-corrected chi connectivity index (χ2v) is 5.73. The van der Waals surface area contributed by atoms with Gasteiger partial charge < -0.3 is 13.8 Å². The topological polar surface area (TPSA) is 109 Å². The summed E-state index contributed by atoms with van der Waals surface area (Å²) in [5.74, 6) is 1.67. The van der Waals surface area contributed by atoms with E-state index in [4.69, 9.17) is 18.7 Å². The molecule has 3 rings (SSSR count). The van der Waals surface area contributed by atoms with Crippen LogP contribution in [0.3, 0.4) is 0 Å². The van der Waals surface area contributed by atoms with Crippen molar-refractivity contribution in [2.75, 3.05) is 6.26 Å². The van der Waals surface area contributed by atoms with E-state index in [1.54, 1.807) is 18.3 Å². The summed E-state index contributed by atoms with van der Waals surface area (Å²) in [4.78, 5) is 18.9. The zero-order valence-electron chi connectivity index (χ0n) is 13.3. The van der Waals surface area contributed by atoms with E-state index in [1.165, 1.54) is 11.8 Å². The molecule has 3 heterocycles. The fraction of sp³-hybridized carbons (Fsp3) is 0.357. The Morgan fingerprint density at radius 2 is 2.17 bits per heavy atom. The van der Waals surface area contributed by atoms with Crippen molar-refractivity contribution in [2.45, 2.75) is 31.6 Å². The van der Waals surface area contributed by atoms with E-state index in [0.29, 0.717) is 28.4 Å². The fourth-order valence-corrected chi connectivity index (χ4v) is 2.01. The molecule has 24 heavy (non-hydrogen) atoms. The highest BCUT2D eigenvalue weighted by Gasteiger charge is 2.18. The van der Waals surface area contributed by atoms with Crippen LogP contribution in [0.5, 0.6) is 5.75 Å². The number of aromatic nitrogens is 5. The maximum absolute atomic E-state index is 5.29. The van der Waals surface area contributed by atoms with Gasteiger partial charge >= 0.3 is 0 Å². The lowest BCUT2D eigenvalue weighted by molar-refractivity contribution is -0.222. The predicted octanol–water partition coefficient (Wildman–Crippen LogP) is 2.87. The number of rotatable bonds is 7. The number of hydrogen-bond donors (Lipinski definition) is 0. The summed E-state index contributed by atoms with van der Waals surface area (Å²) < 4.78 is 10.5. The van der Waals surface area contributed by atoms with Crippen molar-refractivity contribution in [1.82, 2.24) is 25.3 Å². The van der Waals surface area contributed by atoms with Crippen molar-refractivity contribution in [1.29, 1.82) is 0 Å². The SMILES string of the molecule is CSc1nnc(COOc2cccnc2-c2nc(C(C)C)no2)o1. The lowest BCUT2D eigenvalue weighted by Gasteiger charge is -2.05.